The minimum Gasteiger partial charge on any atom is -0.496 e. The summed E-state index contributed by atoms with van der Waals surface area (Å²) >= 11 is 0. The molecule has 0 saturated heterocycles. The van der Waals surface area contributed by atoms with Gasteiger partial charge in [-0.15, -0.1) is 0 Å². The molecule has 1 aromatic carbocycles. The van der Waals surface area contributed by atoms with Crippen LogP contribution in [0.3, 0.4) is 0 Å². The number of rotatable bonds is 6. The molecule has 1 unspecified atom stereocenters. The molecule has 0 N–H and O–H groups in total. The van der Waals surface area contributed by atoms with E-state index in [2.05, 4.69) is 17.3 Å². The van der Waals surface area contributed by atoms with E-state index in [1.54, 1.807) is 14.2 Å². The van der Waals surface area contributed by atoms with E-state index in [-0.39, 0.29) is 6.04 Å². The number of methoxy groups -OCH3 is 2. The monoisotopic (exact) mass is 315 g/mol. The second-order valence-electron chi connectivity index (χ2n) is 6.54. The summed E-state index contributed by atoms with van der Waals surface area (Å²) in [6.07, 6.45) is 6.99. The van der Waals surface area contributed by atoms with Crippen LogP contribution in [0.15, 0.2) is 28.9 Å². The maximum atomic E-state index is 11.4. The summed E-state index contributed by atoms with van der Waals surface area (Å²) in [5.41, 5.74) is 4.77. The van der Waals surface area contributed by atoms with Crippen molar-refractivity contribution < 1.29 is 9.47 Å². The minimum absolute atomic E-state index is 0.200. The average molecular weight is 315 g/mol. The predicted molar refractivity (Wildman–Crippen MR) is 91.4 cm³/mol. The molecule has 0 radical (unpaired) electrons. The predicted octanol–water partition coefficient (Wildman–Crippen LogP) is 4.71. The zero-order chi connectivity index (χ0) is 16.2. The fourth-order valence-electron chi connectivity index (χ4n) is 4.18. The van der Waals surface area contributed by atoms with Gasteiger partial charge in [-0.1, -0.05) is 29.7 Å². The highest BCUT2D eigenvalue weighted by molar-refractivity contribution is 5.76. The first-order valence-corrected chi connectivity index (χ1v) is 8.50. The maximum absolute atomic E-state index is 11.4. The van der Waals surface area contributed by atoms with Gasteiger partial charge in [0.05, 0.1) is 13.7 Å². The summed E-state index contributed by atoms with van der Waals surface area (Å²) in [7, 11) is 3.35. The zero-order valence-electron chi connectivity index (χ0n) is 14.0. The van der Waals surface area contributed by atoms with Crippen LogP contribution in [0.25, 0.3) is 5.57 Å². The molecule has 2 aliphatic carbocycles. The smallest absolute Gasteiger partial charge is 0.124 e. The van der Waals surface area contributed by atoms with Gasteiger partial charge in [-0.3, -0.25) is 0 Å². The normalized spacial score (nSPS) is 21.9. The van der Waals surface area contributed by atoms with Crippen molar-refractivity contribution in [2.45, 2.75) is 51.2 Å². The zero-order valence-corrected chi connectivity index (χ0v) is 14.0. The van der Waals surface area contributed by atoms with E-state index in [0.717, 1.165) is 29.7 Å². The lowest BCUT2D eigenvalue weighted by atomic mass is 9.90. The van der Waals surface area contributed by atoms with E-state index in [1.165, 1.54) is 36.8 Å². The summed E-state index contributed by atoms with van der Waals surface area (Å²) in [6, 6.07) is 5.94. The molecule has 0 spiro atoms. The lowest BCUT2D eigenvalue weighted by Crippen LogP contribution is -2.05. The van der Waals surface area contributed by atoms with Crippen molar-refractivity contribution in [3.05, 3.63) is 39.8 Å². The summed E-state index contributed by atoms with van der Waals surface area (Å²) in [4.78, 5) is 11.4. The number of allylic oxidation sites excluding steroid dienone is 1. The van der Waals surface area contributed by atoms with Crippen LogP contribution in [0.1, 0.15) is 49.7 Å². The fourth-order valence-corrected chi connectivity index (χ4v) is 4.18. The molecule has 23 heavy (non-hydrogen) atoms. The topological polar surface area (TPSA) is 47.9 Å². The number of ether oxygens (including phenoxy) is 2. The van der Waals surface area contributed by atoms with Gasteiger partial charge in [0.2, 0.25) is 0 Å². The molecule has 1 aromatic rings. The molecule has 0 heterocycles. The molecule has 0 aliphatic heterocycles. The highest BCUT2D eigenvalue weighted by atomic mass is 16.5. The van der Waals surface area contributed by atoms with Gasteiger partial charge < -0.3 is 9.47 Å². The Hall–Kier alpha value is -1.68. The largest absolute Gasteiger partial charge is 0.496 e. The third-order valence-electron chi connectivity index (χ3n) is 5.23. The Morgan fingerprint density at radius 1 is 1.17 bits per heavy atom. The van der Waals surface area contributed by atoms with E-state index >= 15 is 0 Å². The van der Waals surface area contributed by atoms with Crippen molar-refractivity contribution in [1.82, 2.24) is 0 Å². The summed E-state index contributed by atoms with van der Waals surface area (Å²) in [5, 5.41) is 3.41. The van der Waals surface area contributed by atoms with E-state index in [9.17, 15) is 4.91 Å². The van der Waals surface area contributed by atoms with Crippen LogP contribution in [-0.2, 0) is 11.3 Å². The molecule has 4 nitrogen and oxygen atoms in total. The molecule has 0 amide bonds. The van der Waals surface area contributed by atoms with Gasteiger partial charge in [-0.05, 0) is 54.9 Å². The van der Waals surface area contributed by atoms with Crippen molar-refractivity contribution in [2.75, 3.05) is 14.2 Å². The quantitative estimate of drug-likeness (QED) is 0.714. The lowest BCUT2D eigenvalue weighted by molar-refractivity contribution is 0.181. The molecule has 0 bridgehead atoms. The van der Waals surface area contributed by atoms with Gasteiger partial charge in [-0.25, -0.2) is 0 Å². The fraction of sp³-hybridized carbons (Fsp3) is 0.579. The highest BCUT2D eigenvalue weighted by Crippen LogP contribution is 2.45. The van der Waals surface area contributed by atoms with E-state index in [0.29, 0.717) is 12.5 Å². The Bertz CT molecular complexity index is 603. The van der Waals surface area contributed by atoms with Crippen LogP contribution >= 0.6 is 0 Å². The van der Waals surface area contributed by atoms with Gasteiger partial charge in [0, 0.05) is 12.7 Å². The van der Waals surface area contributed by atoms with Crippen molar-refractivity contribution >= 4 is 5.57 Å². The molecule has 1 atom stereocenters. The first-order chi connectivity index (χ1) is 11.3. The van der Waals surface area contributed by atoms with Crippen LogP contribution in [0, 0.1) is 10.8 Å². The van der Waals surface area contributed by atoms with Crippen molar-refractivity contribution in [3.63, 3.8) is 0 Å². The molecule has 3 rings (SSSR count). The van der Waals surface area contributed by atoms with Crippen LogP contribution in [0.2, 0.25) is 0 Å². The van der Waals surface area contributed by atoms with Crippen LogP contribution in [-0.4, -0.2) is 20.3 Å². The second kappa shape index (κ2) is 7.26. The van der Waals surface area contributed by atoms with Gasteiger partial charge in [0.25, 0.3) is 0 Å². The number of hydrogen-bond acceptors (Lipinski definition) is 4. The van der Waals surface area contributed by atoms with Gasteiger partial charge in [0.15, 0.2) is 0 Å². The number of nitrogens with zero attached hydrogens (tertiary/aromatic N) is 1. The number of nitroso groups, excluding NO2 is 1. The maximum Gasteiger partial charge on any atom is 0.124 e. The molecule has 0 aromatic heterocycles. The highest BCUT2D eigenvalue weighted by Gasteiger charge is 2.33. The van der Waals surface area contributed by atoms with E-state index in [1.807, 2.05) is 6.07 Å². The van der Waals surface area contributed by atoms with Gasteiger partial charge in [-0.2, -0.15) is 4.91 Å². The third kappa shape index (κ3) is 3.18. The van der Waals surface area contributed by atoms with Crippen LogP contribution in [0.5, 0.6) is 5.75 Å². The molecular weight excluding hydrogens is 290 g/mol. The molecule has 1 fully saturated rings. The van der Waals surface area contributed by atoms with Crippen molar-refractivity contribution in [3.8, 4) is 5.75 Å². The van der Waals surface area contributed by atoms with E-state index < -0.39 is 0 Å². The third-order valence-corrected chi connectivity index (χ3v) is 5.23. The standard InChI is InChI=1S/C19H25NO3/c1-22-12-15-11-14(7-10-18(15)23-2)19-16(8-9-17(19)20-21)13-5-3-4-6-13/h7,10-11,13,17H,3-6,8-9,12H2,1-2H3. The Morgan fingerprint density at radius 3 is 2.61 bits per heavy atom. The second-order valence-corrected chi connectivity index (χ2v) is 6.54. The Balaban J connectivity index is 2.03. The Morgan fingerprint density at radius 2 is 1.96 bits per heavy atom. The van der Waals surface area contributed by atoms with Crippen molar-refractivity contribution in [2.24, 2.45) is 11.1 Å². The first-order valence-electron chi connectivity index (χ1n) is 8.50. The average Bonchev–Trinajstić information content (AvgIpc) is 3.23. The number of hydrogen-bond donors (Lipinski definition) is 0. The van der Waals surface area contributed by atoms with Crippen molar-refractivity contribution in [1.29, 1.82) is 0 Å². The molecule has 2 aliphatic rings. The first kappa shape index (κ1) is 16.2. The van der Waals surface area contributed by atoms with Crippen LogP contribution in [0.4, 0.5) is 0 Å². The van der Waals surface area contributed by atoms with Crippen LogP contribution < -0.4 is 4.74 Å². The summed E-state index contributed by atoms with van der Waals surface area (Å²) < 4.78 is 10.7. The minimum atomic E-state index is -0.200. The Labute approximate surface area is 137 Å². The summed E-state index contributed by atoms with van der Waals surface area (Å²) in [5.74, 6) is 1.47. The molecule has 4 heteroatoms. The molecular formula is C19H25NO3. The SMILES string of the molecule is COCc1cc(C2=C(C3CCCC3)CCC2N=O)ccc1OC. The Kier molecular flexibility index (Phi) is 5.11. The number of benzene rings is 1. The van der Waals surface area contributed by atoms with Gasteiger partial charge in [0.1, 0.15) is 11.8 Å². The lowest BCUT2D eigenvalue weighted by Gasteiger charge is -2.17. The van der Waals surface area contributed by atoms with Gasteiger partial charge >= 0.3 is 0 Å². The van der Waals surface area contributed by atoms with E-state index in [4.69, 9.17) is 9.47 Å². The molecule has 124 valence electrons. The molecule has 1 saturated carbocycles. The summed E-state index contributed by atoms with van der Waals surface area (Å²) in [6.45, 7) is 0.502.